The van der Waals surface area contributed by atoms with Crippen LogP contribution < -0.4 is 5.73 Å². The van der Waals surface area contributed by atoms with E-state index in [0.29, 0.717) is 0 Å². The number of nitrogens with one attached hydrogen (secondary N) is 1. The third kappa shape index (κ3) is 3.47. The van der Waals surface area contributed by atoms with Crippen molar-refractivity contribution >= 4 is 28.4 Å². The lowest BCUT2D eigenvalue weighted by molar-refractivity contribution is -0.122. The number of likely N-dealkylation sites (tertiary alicyclic amines) is 1. The van der Waals surface area contributed by atoms with E-state index in [1.54, 1.807) is 0 Å². The number of rotatable bonds is 5. The Hall–Kier alpha value is -2.30. The Kier molecular flexibility index (Phi) is 4.94. The molecule has 0 saturated carbocycles. The molecule has 0 aliphatic carbocycles. The molecule has 140 valence electrons. The van der Waals surface area contributed by atoms with Crippen molar-refractivity contribution in [2.75, 3.05) is 6.54 Å². The number of aromatic amines is 1. The number of amides is 1. The second kappa shape index (κ2) is 7.37. The molecule has 1 aromatic heterocycles. The summed E-state index contributed by atoms with van der Waals surface area (Å²) in [5.41, 5.74) is 9.27. The summed E-state index contributed by atoms with van der Waals surface area (Å²) < 4.78 is 0. The predicted molar refractivity (Wildman–Crippen MR) is 110 cm³/mol. The molecule has 1 fully saturated rings. The van der Waals surface area contributed by atoms with Crippen LogP contribution in [0.1, 0.15) is 30.4 Å². The Balaban J connectivity index is 1.69. The van der Waals surface area contributed by atoms with E-state index < -0.39 is 0 Å². The molecule has 5 heteroatoms. The minimum Gasteiger partial charge on any atom is -0.369 e. The van der Waals surface area contributed by atoms with E-state index >= 15 is 0 Å². The number of nitrogens with two attached hydrogens (primary N) is 1. The van der Waals surface area contributed by atoms with Gasteiger partial charge in [0.1, 0.15) is 0 Å². The largest absolute Gasteiger partial charge is 0.369 e. The molecule has 0 spiro atoms. The Morgan fingerprint density at radius 2 is 2.07 bits per heavy atom. The lowest BCUT2D eigenvalue weighted by Crippen LogP contribution is -2.41. The lowest BCUT2D eigenvalue weighted by Gasteiger charge is -2.32. The van der Waals surface area contributed by atoms with E-state index in [-0.39, 0.29) is 23.8 Å². The number of halogens is 1. The van der Waals surface area contributed by atoms with E-state index in [1.165, 1.54) is 11.1 Å². The Bertz CT molecular complexity index is 953. The smallest absolute Gasteiger partial charge is 0.222 e. The summed E-state index contributed by atoms with van der Waals surface area (Å²) in [5.74, 6) is -0.200. The van der Waals surface area contributed by atoms with Gasteiger partial charge in [0.05, 0.1) is 5.92 Å². The molecule has 0 radical (unpaired) electrons. The highest BCUT2D eigenvalue weighted by Gasteiger charge is 2.41. The molecule has 3 aromatic rings. The van der Waals surface area contributed by atoms with Gasteiger partial charge >= 0.3 is 0 Å². The van der Waals surface area contributed by atoms with Crippen LogP contribution in [-0.2, 0) is 11.3 Å². The van der Waals surface area contributed by atoms with Gasteiger partial charge in [-0.1, -0.05) is 48.9 Å². The Morgan fingerprint density at radius 3 is 2.81 bits per heavy atom. The molecule has 0 bridgehead atoms. The van der Waals surface area contributed by atoms with Gasteiger partial charge in [-0.05, 0) is 48.2 Å². The number of benzene rings is 2. The van der Waals surface area contributed by atoms with Crippen molar-refractivity contribution < 1.29 is 4.79 Å². The normalized spacial score (nSPS) is 21.6. The van der Waals surface area contributed by atoms with Gasteiger partial charge in [0.2, 0.25) is 5.91 Å². The van der Waals surface area contributed by atoms with Crippen LogP contribution in [0.15, 0.2) is 54.7 Å². The van der Waals surface area contributed by atoms with Crippen LogP contribution in [0.4, 0.5) is 0 Å². The summed E-state index contributed by atoms with van der Waals surface area (Å²) in [6.07, 6.45) is 2.85. The van der Waals surface area contributed by atoms with Gasteiger partial charge in [0.25, 0.3) is 0 Å². The number of aromatic nitrogens is 1. The minimum atomic E-state index is -0.208. The van der Waals surface area contributed by atoms with Crippen LogP contribution in [0.5, 0.6) is 0 Å². The van der Waals surface area contributed by atoms with Gasteiger partial charge in [0.15, 0.2) is 0 Å². The van der Waals surface area contributed by atoms with Gasteiger partial charge in [-0.2, -0.15) is 0 Å². The molecule has 3 N–H and O–H groups in total. The molecule has 2 unspecified atom stereocenters. The van der Waals surface area contributed by atoms with Crippen LogP contribution >= 0.6 is 11.6 Å². The molecule has 4 rings (SSSR count). The maximum Gasteiger partial charge on any atom is 0.222 e. The first-order chi connectivity index (χ1) is 13.0. The number of carbonyl (C=O) groups is 1. The number of carbonyl (C=O) groups excluding carboxylic acids is 1. The fourth-order valence-electron chi connectivity index (χ4n) is 4.53. The van der Waals surface area contributed by atoms with Crippen molar-refractivity contribution in [1.82, 2.24) is 9.88 Å². The zero-order chi connectivity index (χ0) is 19.0. The van der Waals surface area contributed by atoms with Crippen molar-refractivity contribution in [2.45, 2.75) is 31.8 Å². The first-order valence-corrected chi connectivity index (χ1v) is 9.76. The summed E-state index contributed by atoms with van der Waals surface area (Å²) >= 11 is 6.23. The van der Waals surface area contributed by atoms with Crippen LogP contribution in [0, 0.1) is 5.92 Å². The lowest BCUT2D eigenvalue weighted by atomic mass is 9.84. The number of H-pyrrole nitrogens is 1. The van der Waals surface area contributed by atoms with Crippen molar-refractivity contribution in [3.8, 4) is 0 Å². The molecular weight excluding hydrogens is 358 g/mol. The first kappa shape index (κ1) is 18.1. The molecule has 3 atom stereocenters. The summed E-state index contributed by atoms with van der Waals surface area (Å²) in [7, 11) is 0. The molecule has 1 aliphatic rings. The number of fused-ring (bicyclic) bond motifs is 1. The standard InChI is InChI=1S/C22H24ClN3O/c1-14(19-12-25-20-8-7-16(23)11-18(19)20)21-17(22(24)27)9-10-26(21)13-15-5-3-2-4-6-15/h2-8,11-12,14,17,21,25H,9-10,13H2,1H3,(H2,24,27)/t14?,17?,21-/m0/s1. The molecule has 27 heavy (non-hydrogen) atoms. The first-order valence-electron chi connectivity index (χ1n) is 9.38. The predicted octanol–water partition coefficient (Wildman–Crippen LogP) is 4.30. The van der Waals surface area contributed by atoms with Gasteiger partial charge in [-0.3, -0.25) is 9.69 Å². The average molecular weight is 382 g/mol. The van der Waals surface area contributed by atoms with E-state index in [4.69, 9.17) is 17.3 Å². The van der Waals surface area contributed by atoms with Gasteiger partial charge < -0.3 is 10.7 Å². The topological polar surface area (TPSA) is 62.1 Å². The average Bonchev–Trinajstić information content (AvgIpc) is 3.26. The monoisotopic (exact) mass is 381 g/mol. The summed E-state index contributed by atoms with van der Waals surface area (Å²) in [6.45, 7) is 3.89. The van der Waals surface area contributed by atoms with E-state index in [0.717, 1.165) is 35.4 Å². The van der Waals surface area contributed by atoms with Gasteiger partial charge in [0, 0.05) is 34.7 Å². The zero-order valence-electron chi connectivity index (χ0n) is 15.4. The number of hydrogen-bond donors (Lipinski definition) is 2. The molecule has 2 heterocycles. The summed E-state index contributed by atoms with van der Waals surface area (Å²) in [5, 5.41) is 1.83. The zero-order valence-corrected chi connectivity index (χ0v) is 16.1. The molecule has 1 amide bonds. The van der Waals surface area contributed by atoms with Crippen LogP contribution in [-0.4, -0.2) is 28.4 Å². The molecule has 4 nitrogen and oxygen atoms in total. The van der Waals surface area contributed by atoms with Crippen molar-refractivity contribution in [3.05, 3.63) is 70.9 Å². The molecule has 1 saturated heterocycles. The Morgan fingerprint density at radius 1 is 1.30 bits per heavy atom. The summed E-state index contributed by atoms with van der Waals surface area (Å²) in [4.78, 5) is 17.9. The highest BCUT2D eigenvalue weighted by molar-refractivity contribution is 6.31. The summed E-state index contributed by atoms with van der Waals surface area (Å²) in [6, 6.07) is 16.3. The number of hydrogen-bond acceptors (Lipinski definition) is 2. The third-order valence-electron chi connectivity index (χ3n) is 5.83. The van der Waals surface area contributed by atoms with Crippen LogP contribution in [0.2, 0.25) is 5.02 Å². The second-order valence-electron chi connectivity index (χ2n) is 7.47. The molecule has 2 aromatic carbocycles. The highest BCUT2D eigenvalue weighted by atomic mass is 35.5. The SMILES string of the molecule is CC(c1c[nH]c2ccc(Cl)cc12)[C@H]1C(C(N)=O)CCN1Cc1ccccc1. The van der Waals surface area contributed by atoms with E-state index in [1.807, 2.05) is 30.5 Å². The number of primary amides is 1. The van der Waals surface area contributed by atoms with Crippen LogP contribution in [0.3, 0.4) is 0 Å². The van der Waals surface area contributed by atoms with Gasteiger partial charge in [-0.25, -0.2) is 0 Å². The Labute approximate surface area is 164 Å². The highest BCUT2D eigenvalue weighted by Crippen LogP contribution is 2.39. The fraction of sp³-hybridized carbons (Fsp3) is 0.318. The molecular formula is C22H24ClN3O. The van der Waals surface area contributed by atoms with Gasteiger partial charge in [-0.15, -0.1) is 0 Å². The maximum absolute atomic E-state index is 12.2. The minimum absolute atomic E-state index is 0.0701. The van der Waals surface area contributed by atoms with Crippen molar-refractivity contribution in [3.63, 3.8) is 0 Å². The number of nitrogens with zero attached hydrogens (tertiary/aromatic N) is 1. The van der Waals surface area contributed by atoms with Crippen molar-refractivity contribution in [2.24, 2.45) is 11.7 Å². The fourth-order valence-corrected chi connectivity index (χ4v) is 4.70. The van der Waals surface area contributed by atoms with E-state index in [2.05, 4.69) is 41.1 Å². The van der Waals surface area contributed by atoms with E-state index in [9.17, 15) is 4.79 Å². The second-order valence-corrected chi connectivity index (χ2v) is 7.90. The van der Waals surface area contributed by atoms with Crippen LogP contribution in [0.25, 0.3) is 10.9 Å². The third-order valence-corrected chi connectivity index (χ3v) is 6.07. The quantitative estimate of drug-likeness (QED) is 0.692. The molecule has 1 aliphatic heterocycles. The van der Waals surface area contributed by atoms with Crippen molar-refractivity contribution in [1.29, 1.82) is 0 Å². The maximum atomic E-state index is 12.2.